The molecule has 0 bridgehead atoms. The number of anilines is 1. The molecule has 0 aliphatic rings. The molecule has 0 aliphatic carbocycles. The molecule has 0 saturated heterocycles. The molecule has 26 heavy (non-hydrogen) atoms. The number of amides is 1. The summed E-state index contributed by atoms with van der Waals surface area (Å²) in [5, 5.41) is 11.5. The largest absolute Gasteiger partial charge is 0.494 e. The summed E-state index contributed by atoms with van der Waals surface area (Å²) in [4.78, 5) is 24.3. The molecular weight excluding hydrogens is 332 g/mol. The van der Waals surface area contributed by atoms with Crippen LogP contribution in [-0.2, 0) is 9.53 Å². The number of hydrogen-bond donors (Lipinski definition) is 1. The normalized spacial score (nSPS) is 11.1. The summed E-state index contributed by atoms with van der Waals surface area (Å²) in [6, 6.07) is 15.0. The Morgan fingerprint density at radius 3 is 2.58 bits per heavy atom. The number of hydrogen-bond acceptors (Lipinski definition) is 5. The Morgan fingerprint density at radius 2 is 1.92 bits per heavy atom. The second-order valence-electron chi connectivity index (χ2n) is 5.60. The Bertz CT molecular complexity index is 809. The van der Waals surface area contributed by atoms with Gasteiger partial charge in [0, 0.05) is 5.69 Å². The molecule has 1 amide bonds. The van der Waals surface area contributed by atoms with Crippen molar-refractivity contribution in [1.29, 1.82) is 5.26 Å². The van der Waals surface area contributed by atoms with E-state index in [1.165, 1.54) is 6.92 Å². The van der Waals surface area contributed by atoms with Crippen molar-refractivity contribution in [2.45, 2.75) is 26.4 Å². The molecule has 2 aromatic rings. The molecule has 0 heterocycles. The predicted octanol–water partition coefficient (Wildman–Crippen LogP) is 3.53. The van der Waals surface area contributed by atoms with Crippen molar-refractivity contribution in [1.82, 2.24) is 0 Å². The third kappa shape index (κ3) is 5.35. The van der Waals surface area contributed by atoms with Gasteiger partial charge in [-0.1, -0.05) is 13.0 Å². The maximum absolute atomic E-state index is 12.2. The highest BCUT2D eigenvalue weighted by Gasteiger charge is 2.19. The van der Waals surface area contributed by atoms with Crippen molar-refractivity contribution in [3.63, 3.8) is 0 Å². The minimum Gasteiger partial charge on any atom is -0.494 e. The van der Waals surface area contributed by atoms with Gasteiger partial charge in [-0.15, -0.1) is 0 Å². The van der Waals surface area contributed by atoms with Crippen molar-refractivity contribution >= 4 is 17.6 Å². The van der Waals surface area contributed by atoms with Gasteiger partial charge in [0.2, 0.25) is 0 Å². The van der Waals surface area contributed by atoms with Crippen LogP contribution >= 0.6 is 0 Å². The summed E-state index contributed by atoms with van der Waals surface area (Å²) in [5.41, 5.74) is 1.23. The van der Waals surface area contributed by atoms with Crippen LogP contribution in [-0.4, -0.2) is 24.6 Å². The molecule has 1 N–H and O–H groups in total. The Balaban J connectivity index is 1.93. The Labute approximate surface area is 152 Å². The van der Waals surface area contributed by atoms with Crippen LogP contribution in [0.25, 0.3) is 0 Å². The topological polar surface area (TPSA) is 88.4 Å². The summed E-state index contributed by atoms with van der Waals surface area (Å²) < 4.78 is 10.6. The fraction of sp³-hybridized carbons (Fsp3) is 0.250. The van der Waals surface area contributed by atoms with E-state index in [0.717, 1.165) is 6.42 Å². The molecule has 0 aromatic heterocycles. The Morgan fingerprint density at radius 1 is 1.19 bits per heavy atom. The molecular formula is C20H20N2O4. The fourth-order valence-electron chi connectivity index (χ4n) is 2.10. The first-order chi connectivity index (χ1) is 12.5. The van der Waals surface area contributed by atoms with Gasteiger partial charge in [0.1, 0.15) is 5.75 Å². The summed E-state index contributed by atoms with van der Waals surface area (Å²) in [5.74, 6) is -0.400. The Hall–Kier alpha value is -3.33. The molecule has 6 heteroatoms. The zero-order valence-corrected chi connectivity index (χ0v) is 14.7. The zero-order chi connectivity index (χ0) is 18.9. The van der Waals surface area contributed by atoms with Crippen LogP contribution in [0.4, 0.5) is 5.69 Å². The van der Waals surface area contributed by atoms with Gasteiger partial charge in [0.15, 0.2) is 6.10 Å². The molecule has 0 radical (unpaired) electrons. The number of ether oxygens (including phenoxy) is 2. The summed E-state index contributed by atoms with van der Waals surface area (Å²) >= 11 is 0. The SMILES string of the molecule is CCCOc1ccc(C(=O)O[C@H](C)C(=O)Nc2cccc(C#N)c2)cc1. The molecule has 2 rings (SSSR count). The number of rotatable bonds is 7. The van der Waals surface area contributed by atoms with E-state index < -0.39 is 18.0 Å². The quantitative estimate of drug-likeness (QED) is 0.770. The number of nitriles is 1. The monoisotopic (exact) mass is 352 g/mol. The van der Waals surface area contributed by atoms with Gasteiger partial charge in [-0.3, -0.25) is 4.79 Å². The lowest BCUT2D eigenvalue weighted by Gasteiger charge is -2.14. The standard InChI is InChI=1S/C20H20N2O4/c1-3-11-25-18-9-7-16(8-10-18)20(24)26-14(2)19(23)22-17-6-4-5-15(12-17)13-21/h4-10,12,14H,3,11H2,1-2H3,(H,22,23)/t14-/m1/s1. The van der Waals surface area contributed by atoms with Crippen molar-refractivity contribution in [2.75, 3.05) is 11.9 Å². The lowest BCUT2D eigenvalue weighted by Crippen LogP contribution is -2.30. The van der Waals surface area contributed by atoms with E-state index in [-0.39, 0.29) is 0 Å². The molecule has 134 valence electrons. The van der Waals surface area contributed by atoms with Crippen molar-refractivity contribution < 1.29 is 19.1 Å². The highest BCUT2D eigenvalue weighted by Crippen LogP contribution is 2.15. The summed E-state index contributed by atoms with van der Waals surface area (Å²) in [7, 11) is 0. The van der Waals surface area contributed by atoms with Gasteiger partial charge in [0.25, 0.3) is 5.91 Å². The zero-order valence-electron chi connectivity index (χ0n) is 14.7. The molecule has 0 unspecified atom stereocenters. The second kappa shape index (κ2) is 9.23. The van der Waals surface area contributed by atoms with E-state index in [1.54, 1.807) is 48.5 Å². The molecule has 0 aliphatic heterocycles. The van der Waals surface area contributed by atoms with E-state index >= 15 is 0 Å². The highest BCUT2D eigenvalue weighted by molar-refractivity contribution is 5.97. The summed E-state index contributed by atoms with van der Waals surface area (Å²) in [6.07, 6.45) is -0.0856. The smallest absolute Gasteiger partial charge is 0.338 e. The molecule has 1 atom stereocenters. The minimum absolute atomic E-state index is 0.333. The Kier molecular flexibility index (Phi) is 6.75. The van der Waals surface area contributed by atoms with Crippen molar-refractivity contribution in [2.24, 2.45) is 0 Å². The second-order valence-corrected chi connectivity index (χ2v) is 5.60. The minimum atomic E-state index is -0.982. The van der Waals surface area contributed by atoms with E-state index in [1.807, 2.05) is 13.0 Å². The van der Waals surface area contributed by atoms with E-state index in [4.69, 9.17) is 14.7 Å². The van der Waals surface area contributed by atoms with Crippen LogP contribution in [0.5, 0.6) is 5.75 Å². The van der Waals surface area contributed by atoms with E-state index in [0.29, 0.717) is 29.2 Å². The maximum Gasteiger partial charge on any atom is 0.338 e. The molecule has 0 fully saturated rings. The number of nitrogens with one attached hydrogen (secondary N) is 1. The first-order valence-electron chi connectivity index (χ1n) is 8.28. The van der Waals surface area contributed by atoms with Gasteiger partial charge in [-0.05, 0) is 55.8 Å². The first-order valence-corrected chi connectivity index (χ1v) is 8.28. The number of nitrogens with zero attached hydrogens (tertiary/aromatic N) is 1. The van der Waals surface area contributed by atoms with Crippen LogP contribution in [0.3, 0.4) is 0 Å². The van der Waals surface area contributed by atoms with Crippen LogP contribution < -0.4 is 10.1 Å². The number of carbonyl (C=O) groups is 2. The van der Waals surface area contributed by atoms with E-state index in [2.05, 4.69) is 5.32 Å². The third-order valence-corrected chi connectivity index (χ3v) is 3.48. The maximum atomic E-state index is 12.2. The highest BCUT2D eigenvalue weighted by atomic mass is 16.5. The summed E-state index contributed by atoms with van der Waals surface area (Å²) in [6.45, 7) is 4.10. The fourth-order valence-corrected chi connectivity index (χ4v) is 2.10. The van der Waals surface area contributed by atoms with Crippen LogP contribution in [0.2, 0.25) is 0 Å². The average molecular weight is 352 g/mol. The molecule has 0 spiro atoms. The van der Waals surface area contributed by atoms with Crippen molar-refractivity contribution in [3.8, 4) is 11.8 Å². The molecule has 2 aromatic carbocycles. The average Bonchev–Trinajstić information content (AvgIpc) is 2.66. The van der Waals surface area contributed by atoms with Gasteiger partial charge in [0.05, 0.1) is 23.8 Å². The lowest BCUT2D eigenvalue weighted by molar-refractivity contribution is -0.123. The van der Waals surface area contributed by atoms with E-state index in [9.17, 15) is 9.59 Å². The third-order valence-electron chi connectivity index (χ3n) is 3.48. The number of esters is 1. The lowest BCUT2D eigenvalue weighted by atomic mass is 10.2. The predicted molar refractivity (Wildman–Crippen MR) is 96.9 cm³/mol. The van der Waals surface area contributed by atoms with Gasteiger partial charge < -0.3 is 14.8 Å². The van der Waals surface area contributed by atoms with Gasteiger partial charge >= 0.3 is 5.97 Å². The molecule has 6 nitrogen and oxygen atoms in total. The van der Waals surface area contributed by atoms with Crippen LogP contribution in [0.1, 0.15) is 36.2 Å². The first kappa shape index (κ1) is 19.0. The number of carbonyl (C=O) groups excluding carboxylic acids is 2. The van der Waals surface area contributed by atoms with Crippen LogP contribution in [0.15, 0.2) is 48.5 Å². The molecule has 0 saturated carbocycles. The van der Waals surface area contributed by atoms with Crippen LogP contribution in [0, 0.1) is 11.3 Å². The number of benzene rings is 2. The van der Waals surface area contributed by atoms with Gasteiger partial charge in [-0.2, -0.15) is 5.26 Å². The van der Waals surface area contributed by atoms with Crippen molar-refractivity contribution in [3.05, 3.63) is 59.7 Å². The van der Waals surface area contributed by atoms with Gasteiger partial charge in [-0.25, -0.2) is 4.79 Å².